The van der Waals surface area contributed by atoms with Crippen LogP contribution in [-0.2, 0) is 0 Å². The zero-order chi connectivity index (χ0) is 41.0. The van der Waals surface area contributed by atoms with Crippen molar-refractivity contribution < 1.29 is 38.9 Å². The van der Waals surface area contributed by atoms with Crippen LogP contribution < -0.4 is 42.2 Å². The molecule has 10 N–H and O–H groups in total. The average molecular weight is 785 g/mol. The molecule has 1 saturated carbocycles. The van der Waals surface area contributed by atoms with Crippen molar-refractivity contribution >= 4 is 23.6 Å². The fourth-order valence-electron chi connectivity index (χ4n) is 6.19. The van der Waals surface area contributed by atoms with Gasteiger partial charge in [0.2, 0.25) is 0 Å². The molecule has 4 amide bonds. The Morgan fingerprint density at radius 1 is 0.589 bits per heavy atom. The van der Waals surface area contributed by atoms with Gasteiger partial charge in [-0.2, -0.15) is 0 Å². The SMILES string of the molecule is CN(C)CCNC(=O)c1cc(C(=O)N[C@H]2CC[C@H](NC(=O)c3cc(C(=O)NCCN(C)C)c(OCCCCCN)cc3OCCCCCN)CC2)c(O)cc1O. The molecule has 0 atom stereocenters. The number of aromatic hydroxyl groups is 2. The summed E-state index contributed by atoms with van der Waals surface area (Å²) >= 11 is 0. The molecule has 56 heavy (non-hydrogen) atoms. The van der Waals surface area contributed by atoms with Crippen LogP contribution in [0.25, 0.3) is 0 Å². The molecule has 0 aliphatic heterocycles. The van der Waals surface area contributed by atoms with E-state index >= 15 is 0 Å². The van der Waals surface area contributed by atoms with Gasteiger partial charge in [0.25, 0.3) is 23.6 Å². The van der Waals surface area contributed by atoms with Crippen LogP contribution >= 0.6 is 0 Å². The topological polar surface area (TPSA) is 234 Å². The number of rotatable bonds is 24. The maximum Gasteiger partial charge on any atom is 0.255 e. The van der Waals surface area contributed by atoms with Gasteiger partial charge >= 0.3 is 0 Å². The van der Waals surface area contributed by atoms with Gasteiger partial charge in [-0.25, -0.2) is 0 Å². The molecule has 0 heterocycles. The Kier molecular flexibility index (Phi) is 19.7. The first-order valence-corrected chi connectivity index (χ1v) is 19.7. The lowest BCUT2D eigenvalue weighted by molar-refractivity contribution is 0.0886. The molecule has 0 bridgehead atoms. The summed E-state index contributed by atoms with van der Waals surface area (Å²) in [5.41, 5.74) is 11.5. The third kappa shape index (κ3) is 15.1. The Balaban J connectivity index is 1.73. The lowest BCUT2D eigenvalue weighted by Gasteiger charge is -2.30. The summed E-state index contributed by atoms with van der Waals surface area (Å²) < 4.78 is 12.3. The van der Waals surface area contributed by atoms with Crippen molar-refractivity contribution in [1.82, 2.24) is 31.1 Å². The van der Waals surface area contributed by atoms with Gasteiger partial charge in [0.1, 0.15) is 23.0 Å². The monoisotopic (exact) mass is 784 g/mol. The fraction of sp³-hybridized carbons (Fsp3) is 0.600. The number of ether oxygens (including phenoxy) is 2. The van der Waals surface area contributed by atoms with Crippen LogP contribution in [0, 0.1) is 0 Å². The normalized spacial score (nSPS) is 15.4. The first kappa shape index (κ1) is 45.7. The van der Waals surface area contributed by atoms with Gasteiger partial charge in [-0.3, -0.25) is 19.2 Å². The molecule has 0 spiro atoms. The van der Waals surface area contributed by atoms with Gasteiger partial charge < -0.3 is 62.2 Å². The summed E-state index contributed by atoms with van der Waals surface area (Å²) in [4.78, 5) is 57.2. The highest BCUT2D eigenvalue weighted by molar-refractivity contribution is 6.04. The van der Waals surface area contributed by atoms with Crippen molar-refractivity contribution in [3.63, 3.8) is 0 Å². The maximum atomic E-state index is 13.9. The summed E-state index contributed by atoms with van der Waals surface area (Å²) in [5, 5.41) is 32.4. The lowest BCUT2D eigenvalue weighted by atomic mass is 9.90. The van der Waals surface area contributed by atoms with Crippen molar-refractivity contribution in [3.8, 4) is 23.0 Å². The maximum absolute atomic E-state index is 13.9. The Morgan fingerprint density at radius 2 is 0.982 bits per heavy atom. The third-order valence-electron chi connectivity index (χ3n) is 9.47. The second-order valence-electron chi connectivity index (χ2n) is 14.7. The molecule has 0 radical (unpaired) electrons. The van der Waals surface area contributed by atoms with Gasteiger partial charge in [0.15, 0.2) is 0 Å². The molecular formula is C40H64N8O8. The highest BCUT2D eigenvalue weighted by Crippen LogP contribution is 2.32. The minimum atomic E-state index is -0.580. The molecule has 3 rings (SSSR count). The summed E-state index contributed by atoms with van der Waals surface area (Å²) in [5.74, 6) is -2.13. The van der Waals surface area contributed by atoms with Crippen LogP contribution in [0.3, 0.4) is 0 Å². The zero-order valence-electron chi connectivity index (χ0n) is 33.6. The number of phenols is 2. The van der Waals surface area contributed by atoms with Crippen LogP contribution in [0.4, 0.5) is 0 Å². The van der Waals surface area contributed by atoms with E-state index in [9.17, 15) is 29.4 Å². The molecule has 2 aromatic carbocycles. The number of hydrogen-bond donors (Lipinski definition) is 8. The van der Waals surface area contributed by atoms with Crippen molar-refractivity contribution in [2.75, 3.05) is 80.7 Å². The number of phenolic OH excluding ortho intramolecular Hbond substituents is 2. The van der Waals surface area contributed by atoms with E-state index in [1.165, 1.54) is 12.1 Å². The standard InChI is InChI=1S/C40H64N8O8/c1-47(2)19-17-43-37(51)29-23-30(34(50)25-33(29)49)39(53)45-27-11-13-28(14-12-27)46-40(54)32-24-31(38(52)44-18-20-48(3)4)35(55-21-9-5-7-15-41)26-36(32)56-22-10-6-8-16-42/h23-28,49-50H,5-22,41-42H2,1-4H3,(H,43,51)(H,44,52)(H,45,53)(H,46,54)/t27-,28-. The predicted octanol–water partition coefficient (Wildman–Crippen LogP) is 2.17. The van der Waals surface area contributed by atoms with Crippen LogP contribution in [0.2, 0.25) is 0 Å². The van der Waals surface area contributed by atoms with Crippen LogP contribution in [0.5, 0.6) is 23.0 Å². The van der Waals surface area contributed by atoms with E-state index in [0.717, 1.165) is 44.6 Å². The van der Waals surface area contributed by atoms with E-state index in [-0.39, 0.29) is 40.2 Å². The third-order valence-corrected chi connectivity index (χ3v) is 9.47. The van der Waals surface area contributed by atoms with Gasteiger partial charge in [-0.1, -0.05) is 0 Å². The highest BCUT2D eigenvalue weighted by atomic mass is 16.5. The number of nitrogens with two attached hydrogens (primary N) is 2. The Morgan fingerprint density at radius 3 is 1.43 bits per heavy atom. The molecule has 0 unspecified atom stereocenters. The number of carbonyl (C=O) groups is 4. The molecule has 16 heteroatoms. The largest absolute Gasteiger partial charge is 0.507 e. The van der Waals surface area contributed by atoms with E-state index in [4.69, 9.17) is 20.9 Å². The van der Waals surface area contributed by atoms with Crippen molar-refractivity contribution in [1.29, 1.82) is 0 Å². The summed E-state index contributed by atoms with van der Waals surface area (Å²) in [6, 6.07) is 4.87. The summed E-state index contributed by atoms with van der Waals surface area (Å²) in [7, 11) is 7.55. The minimum absolute atomic E-state index is 0.117. The fourth-order valence-corrected chi connectivity index (χ4v) is 6.19. The number of nitrogens with zero attached hydrogens (tertiary/aromatic N) is 2. The summed E-state index contributed by atoms with van der Waals surface area (Å²) in [6.07, 6.45) is 7.14. The first-order valence-electron chi connectivity index (χ1n) is 19.7. The zero-order valence-corrected chi connectivity index (χ0v) is 33.6. The van der Waals surface area contributed by atoms with Gasteiger partial charge in [0.05, 0.1) is 35.5 Å². The van der Waals surface area contributed by atoms with Gasteiger partial charge in [-0.15, -0.1) is 0 Å². The second kappa shape index (κ2) is 24.1. The van der Waals surface area contributed by atoms with Crippen molar-refractivity contribution in [2.45, 2.75) is 76.3 Å². The van der Waals surface area contributed by atoms with Gasteiger partial charge in [0, 0.05) is 50.4 Å². The predicted molar refractivity (Wildman–Crippen MR) is 216 cm³/mol. The Labute approximate surface area is 331 Å². The van der Waals surface area contributed by atoms with Crippen LogP contribution in [-0.4, -0.2) is 136 Å². The quantitative estimate of drug-likeness (QED) is 0.0716. The minimum Gasteiger partial charge on any atom is -0.507 e. The molecule has 2 aromatic rings. The average Bonchev–Trinajstić information content (AvgIpc) is 3.15. The van der Waals surface area contributed by atoms with E-state index in [0.29, 0.717) is 89.7 Å². The number of likely N-dealkylation sites (N-methyl/N-ethyl adjacent to an activating group) is 2. The summed E-state index contributed by atoms with van der Waals surface area (Å²) in [6.45, 7) is 3.85. The van der Waals surface area contributed by atoms with Crippen molar-refractivity contribution in [2.24, 2.45) is 11.5 Å². The van der Waals surface area contributed by atoms with Gasteiger partial charge in [-0.05, 0) is 118 Å². The number of hydrogen-bond acceptors (Lipinski definition) is 12. The number of unbranched alkanes of at least 4 members (excludes halogenated alkanes) is 4. The molecule has 0 saturated heterocycles. The highest BCUT2D eigenvalue weighted by Gasteiger charge is 2.28. The number of carbonyl (C=O) groups excluding carboxylic acids is 4. The van der Waals surface area contributed by atoms with E-state index < -0.39 is 29.2 Å². The molecular weight excluding hydrogens is 720 g/mol. The molecule has 0 aromatic heterocycles. The van der Waals surface area contributed by atoms with E-state index in [2.05, 4.69) is 21.3 Å². The van der Waals surface area contributed by atoms with Crippen molar-refractivity contribution in [3.05, 3.63) is 46.5 Å². The molecule has 1 aliphatic carbocycles. The first-order chi connectivity index (χ1) is 26.8. The van der Waals surface area contributed by atoms with Crippen LogP contribution in [0.1, 0.15) is 106 Å². The second-order valence-corrected chi connectivity index (χ2v) is 14.7. The molecule has 312 valence electrons. The number of amides is 4. The molecule has 1 aliphatic rings. The Hall–Kier alpha value is -4.64. The number of benzene rings is 2. The van der Waals surface area contributed by atoms with E-state index in [1.807, 2.05) is 38.0 Å². The van der Waals surface area contributed by atoms with E-state index in [1.54, 1.807) is 6.07 Å². The van der Waals surface area contributed by atoms with Crippen LogP contribution in [0.15, 0.2) is 24.3 Å². The Bertz CT molecular complexity index is 1580. The lowest BCUT2D eigenvalue weighted by Crippen LogP contribution is -2.44. The molecule has 16 nitrogen and oxygen atoms in total. The molecule has 1 fully saturated rings. The smallest absolute Gasteiger partial charge is 0.255 e. The number of nitrogens with one attached hydrogen (secondary N) is 4.